The molecule has 1 aromatic rings. The normalized spacial score (nSPS) is 11.3. The van der Waals surface area contributed by atoms with Crippen LogP contribution in [0.3, 0.4) is 0 Å². The maximum absolute atomic E-state index is 12.1. The van der Waals surface area contributed by atoms with Gasteiger partial charge in [0.25, 0.3) is 0 Å². The van der Waals surface area contributed by atoms with Crippen LogP contribution in [0.25, 0.3) is 0 Å². The summed E-state index contributed by atoms with van der Waals surface area (Å²) in [5, 5.41) is 7.00. The summed E-state index contributed by atoms with van der Waals surface area (Å²) in [5.74, 6) is 0. The van der Waals surface area contributed by atoms with Crippen molar-refractivity contribution in [1.29, 1.82) is 0 Å². The number of carbonyl (C=O) groups is 1. The van der Waals surface area contributed by atoms with Gasteiger partial charge in [-0.25, -0.2) is 4.79 Å². The second-order valence-electron chi connectivity index (χ2n) is 2.73. The standard InChI is InChI=1S/C6H7F3N4OS/c1-13(2)5(14)10-4-12-11-3(15-4)6(7,8)9/h1-2H3,(H,10,12,14). The van der Waals surface area contributed by atoms with Crippen molar-refractivity contribution in [2.75, 3.05) is 19.4 Å². The van der Waals surface area contributed by atoms with Crippen molar-refractivity contribution >= 4 is 22.5 Å². The van der Waals surface area contributed by atoms with Gasteiger partial charge < -0.3 is 4.90 Å². The van der Waals surface area contributed by atoms with Crippen LogP contribution >= 0.6 is 11.3 Å². The summed E-state index contributed by atoms with van der Waals surface area (Å²) in [7, 11) is 2.92. The average Bonchev–Trinajstić information content (AvgIpc) is 2.51. The molecule has 0 spiro atoms. The number of alkyl halides is 3. The van der Waals surface area contributed by atoms with E-state index in [9.17, 15) is 18.0 Å². The van der Waals surface area contributed by atoms with E-state index in [2.05, 4.69) is 15.5 Å². The first-order valence-electron chi connectivity index (χ1n) is 3.69. The van der Waals surface area contributed by atoms with E-state index >= 15 is 0 Å². The summed E-state index contributed by atoms with van der Waals surface area (Å²) in [6, 6.07) is -0.556. The lowest BCUT2D eigenvalue weighted by Crippen LogP contribution is -2.27. The fourth-order valence-corrected chi connectivity index (χ4v) is 1.19. The van der Waals surface area contributed by atoms with E-state index in [1.165, 1.54) is 19.0 Å². The van der Waals surface area contributed by atoms with E-state index in [0.717, 1.165) is 0 Å². The smallest absolute Gasteiger partial charge is 0.331 e. The van der Waals surface area contributed by atoms with Gasteiger partial charge in [0.15, 0.2) is 0 Å². The SMILES string of the molecule is CN(C)C(=O)Nc1nnc(C(F)(F)F)s1. The van der Waals surface area contributed by atoms with Gasteiger partial charge in [-0.05, 0) is 0 Å². The lowest BCUT2D eigenvalue weighted by molar-refractivity contribution is -0.138. The van der Waals surface area contributed by atoms with Crippen LogP contribution in [-0.4, -0.2) is 35.2 Å². The number of hydrogen-bond acceptors (Lipinski definition) is 4. The van der Waals surface area contributed by atoms with Gasteiger partial charge in [-0.1, -0.05) is 11.3 Å². The Balaban J connectivity index is 2.73. The molecule has 0 saturated carbocycles. The molecule has 0 radical (unpaired) electrons. The van der Waals surface area contributed by atoms with Crippen LogP contribution in [0.15, 0.2) is 0 Å². The van der Waals surface area contributed by atoms with E-state index in [4.69, 9.17) is 0 Å². The van der Waals surface area contributed by atoms with E-state index in [0.29, 0.717) is 0 Å². The lowest BCUT2D eigenvalue weighted by Gasteiger charge is -2.08. The number of nitrogens with zero attached hydrogens (tertiary/aromatic N) is 3. The number of anilines is 1. The molecule has 1 aromatic heterocycles. The Hall–Kier alpha value is -1.38. The summed E-state index contributed by atoms with van der Waals surface area (Å²) < 4.78 is 36.2. The third-order valence-corrected chi connectivity index (χ3v) is 2.17. The van der Waals surface area contributed by atoms with Gasteiger partial charge in [0.2, 0.25) is 10.1 Å². The highest BCUT2D eigenvalue weighted by atomic mass is 32.1. The molecule has 1 heterocycles. The zero-order chi connectivity index (χ0) is 11.6. The monoisotopic (exact) mass is 240 g/mol. The minimum absolute atomic E-state index is 0.180. The summed E-state index contributed by atoms with van der Waals surface area (Å²) in [4.78, 5) is 12.2. The molecule has 0 aromatic carbocycles. The molecule has 9 heteroatoms. The third kappa shape index (κ3) is 3.05. The molecule has 5 nitrogen and oxygen atoms in total. The van der Waals surface area contributed by atoms with Crippen LogP contribution < -0.4 is 5.32 Å². The highest BCUT2D eigenvalue weighted by Gasteiger charge is 2.35. The van der Waals surface area contributed by atoms with Crippen LogP contribution in [0.1, 0.15) is 5.01 Å². The Bertz CT molecular complexity index is 362. The maximum atomic E-state index is 12.1. The van der Waals surface area contributed by atoms with Crippen LogP contribution in [0.2, 0.25) is 0 Å². The molecule has 0 aliphatic rings. The van der Waals surface area contributed by atoms with E-state index in [1.54, 1.807) is 0 Å². The molecular formula is C6H7F3N4OS. The van der Waals surface area contributed by atoms with Crippen LogP contribution in [0, 0.1) is 0 Å². The Morgan fingerprint density at radius 3 is 2.40 bits per heavy atom. The zero-order valence-electron chi connectivity index (χ0n) is 7.79. The lowest BCUT2D eigenvalue weighted by atomic mass is 10.7. The summed E-state index contributed by atoms with van der Waals surface area (Å²) in [5.41, 5.74) is 0. The Labute approximate surface area is 86.9 Å². The van der Waals surface area contributed by atoms with Crippen LogP contribution in [0.4, 0.5) is 23.1 Å². The minimum Gasteiger partial charge on any atom is -0.331 e. The zero-order valence-corrected chi connectivity index (χ0v) is 8.61. The first-order chi connectivity index (χ1) is 6.80. The van der Waals surface area contributed by atoms with Crippen LogP contribution in [-0.2, 0) is 6.18 Å². The molecule has 1 rings (SSSR count). The number of nitrogens with one attached hydrogen (secondary N) is 1. The molecule has 0 fully saturated rings. The number of hydrogen-bond donors (Lipinski definition) is 1. The second-order valence-corrected chi connectivity index (χ2v) is 3.71. The molecule has 0 unspecified atom stereocenters. The number of carbonyl (C=O) groups excluding carboxylic acids is 1. The average molecular weight is 240 g/mol. The third-order valence-electron chi connectivity index (χ3n) is 1.29. The Kier molecular flexibility index (Phi) is 3.12. The largest absolute Gasteiger partial charge is 0.445 e. The number of aromatic nitrogens is 2. The van der Waals surface area contributed by atoms with Gasteiger partial charge in [0, 0.05) is 14.1 Å². The molecule has 15 heavy (non-hydrogen) atoms. The molecule has 1 N–H and O–H groups in total. The Morgan fingerprint density at radius 1 is 1.40 bits per heavy atom. The highest BCUT2D eigenvalue weighted by molar-refractivity contribution is 7.15. The predicted molar refractivity (Wildman–Crippen MR) is 47.6 cm³/mol. The molecule has 0 bridgehead atoms. The van der Waals surface area contributed by atoms with Gasteiger partial charge in [-0.2, -0.15) is 13.2 Å². The van der Waals surface area contributed by atoms with Crippen molar-refractivity contribution in [3.05, 3.63) is 5.01 Å². The summed E-state index contributed by atoms with van der Waals surface area (Å²) in [6.07, 6.45) is -4.53. The predicted octanol–water partition coefficient (Wildman–Crippen LogP) is 1.65. The highest BCUT2D eigenvalue weighted by Crippen LogP contribution is 2.32. The van der Waals surface area contributed by atoms with Gasteiger partial charge >= 0.3 is 12.2 Å². The fourth-order valence-electron chi connectivity index (χ4n) is 0.592. The first-order valence-corrected chi connectivity index (χ1v) is 4.51. The van der Waals surface area contributed by atoms with Gasteiger partial charge in [-0.15, -0.1) is 10.2 Å². The molecule has 84 valence electrons. The first kappa shape index (κ1) is 11.7. The second kappa shape index (κ2) is 4.01. The number of urea groups is 1. The summed E-state index contributed by atoms with van der Waals surface area (Å²) in [6.45, 7) is 0. The Morgan fingerprint density at radius 2 is 2.00 bits per heavy atom. The maximum Gasteiger partial charge on any atom is 0.445 e. The van der Waals surface area contributed by atoms with E-state index < -0.39 is 17.2 Å². The van der Waals surface area contributed by atoms with Crippen molar-refractivity contribution < 1.29 is 18.0 Å². The van der Waals surface area contributed by atoms with E-state index in [-0.39, 0.29) is 16.5 Å². The summed E-state index contributed by atoms with van der Waals surface area (Å²) >= 11 is 0.280. The topological polar surface area (TPSA) is 58.1 Å². The van der Waals surface area contributed by atoms with Crippen LogP contribution in [0.5, 0.6) is 0 Å². The number of amides is 2. The van der Waals surface area contributed by atoms with Gasteiger partial charge in [0.05, 0.1) is 0 Å². The van der Waals surface area contributed by atoms with Crippen molar-refractivity contribution in [3.8, 4) is 0 Å². The number of halogens is 3. The molecule has 2 amide bonds. The molecule has 0 aliphatic carbocycles. The van der Waals surface area contributed by atoms with Crippen molar-refractivity contribution in [2.45, 2.75) is 6.18 Å². The quantitative estimate of drug-likeness (QED) is 0.812. The molecule has 0 atom stereocenters. The van der Waals surface area contributed by atoms with Crippen molar-refractivity contribution in [1.82, 2.24) is 15.1 Å². The van der Waals surface area contributed by atoms with Gasteiger partial charge in [-0.3, -0.25) is 5.32 Å². The fraction of sp³-hybridized carbons (Fsp3) is 0.500. The number of rotatable bonds is 1. The minimum atomic E-state index is -4.53. The van der Waals surface area contributed by atoms with E-state index in [1.807, 2.05) is 0 Å². The van der Waals surface area contributed by atoms with Crippen molar-refractivity contribution in [2.24, 2.45) is 0 Å². The molecule has 0 aliphatic heterocycles. The molecular weight excluding hydrogens is 233 g/mol. The van der Waals surface area contributed by atoms with Gasteiger partial charge in [0.1, 0.15) is 0 Å². The van der Waals surface area contributed by atoms with Crippen molar-refractivity contribution in [3.63, 3.8) is 0 Å². The molecule has 0 saturated heterocycles.